The van der Waals surface area contributed by atoms with E-state index in [0.717, 1.165) is 42.3 Å². The number of fused-ring (bicyclic) bond motifs is 1. The summed E-state index contributed by atoms with van der Waals surface area (Å²) in [4.78, 5) is 12.7. The Labute approximate surface area is 219 Å². The van der Waals surface area contributed by atoms with Gasteiger partial charge in [0.1, 0.15) is 12.4 Å². The van der Waals surface area contributed by atoms with Gasteiger partial charge in [-0.1, -0.05) is 26.0 Å². The average molecular weight is 534 g/mol. The second-order valence-electron chi connectivity index (χ2n) is 11.5. The molecular weight excluding hydrogens is 494 g/mol. The van der Waals surface area contributed by atoms with E-state index >= 15 is 0 Å². The Morgan fingerprint density at radius 1 is 1.30 bits per heavy atom. The Hall–Kier alpha value is -2.36. The molecule has 1 aromatic carbocycles. The summed E-state index contributed by atoms with van der Waals surface area (Å²) in [6.07, 6.45) is 5.95. The van der Waals surface area contributed by atoms with Gasteiger partial charge in [-0.05, 0) is 86.1 Å². The number of rotatable bonds is 8. The Morgan fingerprint density at radius 3 is 2.62 bits per heavy atom. The van der Waals surface area contributed by atoms with E-state index in [1.54, 1.807) is 18.2 Å². The summed E-state index contributed by atoms with van der Waals surface area (Å²) >= 11 is 0. The molecule has 2 aliphatic carbocycles. The van der Waals surface area contributed by atoms with Gasteiger partial charge in [0, 0.05) is 11.1 Å². The third-order valence-corrected chi connectivity index (χ3v) is 9.56. The van der Waals surface area contributed by atoms with Gasteiger partial charge in [0.05, 0.1) is 30.6 Å². The predicted molar refractivity (Wildman–Crippen MR) is 142 cm³/mol. The highest BCUT2D eigenvalue weighted by Crippen LogP contribution is 2.62. The number of anilines is 1. The van der Waals surface area contributed by atoms with E-state index in [-0.39, 0.29) is 48.2 Å². The van der Waals surface area contributed by atoms with Crippen LogP contribution < -0.4 is 9.50 Å². The molecule has 8 nitrogen and oxygen atoms in total. The fraction of sp³-hybridized carbons (Fsp3) is 0.607. The van der Waals surface area contributed by atoms with E-state index in [1.165, 1.54) is 0 Å². The van der Waals surface area contributed by atoms with Gasteiger partial charge in [0.15, 0.2) is 0 Å². The predicted octanol–water partition coefficient (Wildman–Crippen LogP) is 3.73. The van der Waals surface area contributed by atoms with Crippen molar-refractivity contribution in [3.05, 3.63) is 47.6 Å². The Balaban J connectivity index is 1.66. The lowest BCUT2D eigenvalue weighted by molar-refractivity contribution is -0.152. The van der Waals surface area contributed by atoms with Crippen molar-refractivity contribution in [2.75, 3.05) is 24.8 Å². The highest BCUT2D eigenvalue weighted by Gasteiger charge is 2.58. The zero-order valence-corrected chi connectivity index (χ0v) is 22.9. The van der Waals surface area contributed by atoms with Gasteiger partial charge < -0.3 is 24.4 Å². The summed E-state index contributed by atoms with van der Waals surface area (Å²) in [7, 11) is -3.65. The average Bonchev–Trinajstić information content (AvgIpc) is 3.24. The third-order valence-electron chi connectivity index (χ3n) is 9.07. The minimum Gasteiger partial charge on any atom is -0.458 e. The molecule has 204 valence electrons. The third kappa shape index (κ3) is 5.31. The number of hydrogen-bond donors (Lipinski definition) is 3. The van der Waals surface area contributed by atoms with Crippen molar-refractivity contribution >= 4 is 21.8 Å². The maximum absolute atomic E-state index is 12.7. The van der Waals surface area contributed by atoms with Crippen LogP contribution in [0.3, 0.4) is 0 Å². The van der Waals surface area contributed by atoms with Gasteiger partial charge in [-0.15, -0.1) is 0 Å². The zero-order valence-electron chi connectivity index (χ0n) is 22.1. The number of esters is 1. The highest BCUT2D eigenvalue weighted by molar-refractivity contribution is 7.86. The van der Waals surface area contributed by atoms with Crippen molar-refractivity contribution in [2.45, 2.75) is 65.0 Å². The molecule has 0 bridgehead atoms. The van der Waals surface area contributed by atoms with Gasteiger partial charge in [-0.3, -0.25) is 0 Å². The Kier molecular flexibility index (Phi) is 7.53. The number of carbonyl (C=O) groups is 1. The maximum Gasteiger partial charge on any atom is 0.336 e. The lowest BCUT2D eigenvalue weighted by Gasteiger charge is -2.60. The zero-order chi connectivity index (χ0) is 27.2. The summed E-state index contributed by atoms with van der Waals surface area (Å²) < 4.78 is 33.3. The molecule has 0 amide bonds. The van der Waals surface area contributed by atoms with Crippen molar-refractivity contribution in [2.24, 2.45) is 22.7 Å². The van der Waals surface area contributed by atoms with Crippen molar-refractivity contribution in [1.29, 1.82) is 0 Å². The van der Waals surface area contributed by atoms with E-state index in [2.05, 4.69) is 18.8 Å². The number of aryl methyl sites for hydroxylation is 1. The first kappa shape index (κ1) is 27.7. The number of benzene rings is 1. The lowest BCUT2D eigenvalue weighted by Crippen LogP contribution is -2.58. The molecule has 0 spiro atoms. The fourth-order valence-electron chi connectivity index (χ4n) is 7.01. The molecule has 1 aliphatic heterocycles. The van der Waals surface area contributed by atoms with Gasteiger partial charge in [0.25, 0.3) is 0 Å². The molecule has 1 heterocycles. The van der Waals surface area contributed by atoms with Crippen LogP contribution in [0, 0.1) is 29.6 Å². The van der Waals surface area contributed by atoms with E-state index in [9.17, 15) is 23.4 Å². The Morgan fingerprint density at radius 2 is 2.03 bits per heavy atom. The van der Waals surface area contributed by atoms with Crippen molar-refractivity contribution in [1.82, 2.24) is 0 Å². The molecule has 0 saturated heterocycles. The fourth-order valence-corrected chi connectivity index (χ4v) is 7.46. The van der Waals surface area contributed by atoms with Gasteiger partial charge in [-0.2, -0.15) is 8.42 Å². The molecule has 4 rings (SSSR count). The first-order chi connectivity index (χ1) is 17.3. The van der Waals surface area contributed by atoms with Gasteiger partial charge in [0.2, 0.25) is 0 Å². The van der Waals surface area contributed by atoms with Crippen LogP contribution in [0.25, 0.3) is 0 Å². The van der Waals surface area contributed by atoms with Crippen molar-refractivity contribution < 1.29 is 32.3 Å². The summed E-state index contributed by atoms with van der Waals surface area (Å²) in [6.45, 7) is 10.7. The Bertz CT molecular complexity index is 1210. The second-order valence-corrected chi connectivity index (χ2v) is 13.1. The summed E-state index contributed by atoms with van der Waals surface area (Å²) in [5.41, 5.74) is 2.44. The number of ether oxygens (including phenoxy) is 1. The molecule has 3 N–H and O–H groups in total. The van der Waals surface area contributed by atoms with E-state index in [1.807, 2.05) is 19.9 Å². The number of allylic oxidation sites excluding steroid dienone is 1. The number of aliphatic hydroxyl groups excluding tert-OH is 2. The lowest BCUT2D eigenvalue weighted by atomic mass is 9.46. The monoisotopic (exact) mass is 533 g/mol. The van der Waals surface area contributed by atoms with Crippen molar-refractivity contribution in [3.63, 3.8) is 0 Å². The highest BCUT2D eigenvalue weighted by atomic mass is 32.2. The molecule has 0 radical (unpaired) electrons. The van der Waals surface area contributed by atoms with Crippen LogP contribution in [0.5, 0.6) is 5.75 Å². The SMILES string of the molecule is C=C1CCC2[C@](C)(CO)C(O)CC[C@]2(C)[C@H]1CC(Nc1ccc(OS(C)(=O)=O)cc1C)C1=CCOC1=O. The molecule has 9 heteroatoms. The summed E-state index contributed by atoms with van der Waals surface area (Å²) in [6, 6.07) is 4.62. The van der Waals surface area contributed by atoms with E-state index < -0.39 is 21.6 Å². The van der Waals surface area contributed by atoms with E-state index in [0.29, 0.717) is 18.4 Å². The molecular formula is C28H39NO7S. The minimum absolute atomic E-state index is 0.0598. The van der Waals surface area contributed by atoms with Crippen LogP contribution in [0.15, 0.2) is 42.0 Å². The van der Waals surface area contributed by atoms with Crippen LogP contribution in [0.4, 0.5) is 5.69 Å². The molecule has 3 unspecified atom stereocenters. The van der Waals surface area contributed by atoms with E-state index in [4.69, 9.17) is 8.92 Å². The second kappa shape index (κ2) is 10.1. The largest absolute Gasteiger partial charge is 0.458 e. The normalized spacial score (nSPS) is 32.8. The molecule has 0 aromatic heterocycles. The topological polar surface area (TPSA) is 122 Å². The van der Waals surface area contributed by atoms with Crippen LogP contribution in [-0.2, 0) is 19.6 Å². The molecule has 37 heavy (non-hydrogen) atoms. The number of nitrogens with one attached hydrogen (secondary N) is 1. The number of hydrogen-bond acceptors (Lipinski definition) is 8. The molecule has 6 atom stereocenters. The quantitative estimate of drug-likeness (QED) is 0.263. The van der Waals surface area contributed by atoms with Gasteiger partial charge in [-0.25, -0.2) is 4.79 Å². The molecule has 1 aromatic rings. The number of carbonyl (C=O) groups excluding carboxylic acids is 1. The van der Waals surface area contributed by atoms with Gasteiger partial charge >= 0.3 is 16.1 Å². The smallest absolute Gasteiger partial charge is 0.336 e. The first-order valence-electron chi connectivity index (χ1n) is 12.9. The van der Waals surface area contributed by atoms with Crippen LogP contribution in [0.2, 0.25) is 0 Å². The molecule has 2 saturated carbocycles. The van der Waals surface area contributed by atoms with Crippen molar-refractivity contribution in [3.8, 4) is 5.75 Å². The minimum atomic E-state index is -3.65. The first-order valence-corrected chi connectivity index (χ1v) is 14.7. The van der Waals surface area contributed by atoms with Crippen LogP contribution in [-0.4, -0.2) is 56.2 Å². The summed E-state index contributed by atoms with van der Waals surface area (Å²) in [5, 5.41) is 24.7. The maximum atomic E-state index is 12.7. The van der Waals surface area contributed by atoms with Crippen LogP contribution >= 0.6 is 0 Å². The number of aliphatic hydroxyl groups is 2. The number of cyclic esters (lactones) is 1. The molecule has 3 aliphatic rings. The standard InChI is InChI=1S/C28H39NO7S/c1-17-6-9-24-27(3,12-10-25(31)28(24,4)16-30)21(17)15-23(20-11-13-35-26(20)32)29-22-8-7-19(14-18(22)2)36-37(5,33)34/h7-8,11,14,21,23-25,29-31H,1,6,9-10,12-13,15-16H2,2-5H3/t21-,23?,24?,25?,27+,28-/m0/s1. The molecule has 2 fully saturated rings. The summed E-state index contributed by atoms with van der Waals surface area (Å²) in [5.74, 6) is 0.0457. The van der Waals surface area contributed by atoms with Crippen LogP contribution in [0.1, 0.15) is 51.5 Å².